The van der Waals surface area contributed by atoms with Gasteiger partial charge in [0.15, 0.2) is 0 Å². The van der Waals surface area contributed by atoms with Gasteiger partial charge in [-0.3, -0.25) is 9.36 Å². The number of nitrogens with one attached hydrogen (secondary N) is 1. The van der Waals surface area contributed by atoms with Crippen LogP contribution in [0, 0.1) is 5.92 Å². The molecule has 2 fully saturated rings. The first-order chi connectivity index (χ1) is 16.3. The standard InChI is InChI=1S/C25H38N6O4/c1-24(2,3)34-22(32)30(23(33)35-25(4,5)6)13-16-10-19(11-16)31-15-20(21(28-31)17-8-9-17)27-18-12-26-29(7)14-18/h12,14-17,19,27H,8-11,13H2,1-7H3/t16-,19-. The fraction of sp³-hybridized carbons (Fsp3) is 0.680. The van der Waals surface area contributed by atoms with E-state index in [1.165, 1.54) is 0 Å². The smallest absolute Gasteiger partial charge is 0.419 e. The molecule has 2 amide bonds. The molecule has 0 aromatic carbocycles. The zero-order valence-electron chi connectivity index (χ0n) is 21.9. The summed E-state index contributed by atoms with van der Waals surface area (Å²) in [6, 6.07) is 0.223. The van der Waals surface area contributed by atoms with Gasteiger partial charge in [0, 0.05) is 31.9 Å². The Bertz CT molecular complexity index is 1040. The molecule has 0 bridgehead atoms. The second kappa shape index (κ2) is 9.20. The average molecular weight is 487 g/mol. The molecule has 0 saturated heterocycles. The summed E-state index contributed by atoms with van der Waals surface area (Å²) in [6.07, 6.45) is 8.42. The van der Waals surface area contributed by atoms with Crippen LogP contribution in [-0.4, -0.2) is 54.4 Å². The predicted octanol–water partition coefficient (Wildman–Crippen LogP) is 5.36. The van der Waals surface area contributed by atoms with Gasteiger partial charge in [0.2, 0.25) is 0 Å². The van der Waals surface area contributed by atoms with Gasteiger partial charge in [-0.05, 0) is 73.1 Å². The van der Waals surface area contributed by atoms with Crippen molar-refractivity contribution in [3.05, 3.63) is 24.3 Å². The van der Waals surface area contributed by atoms with E-state index < -0.39 is 23.4 Å². The molecule has 192 valence electrons. The van der Waals surface area contributed by atoms with Crippen LogP contribution >= 0.6 is 0 Å². The van der Waals surface area contributed by atoms with Gasteiger partial charge >= 0.3 is 12.2 Å². The van der Waals surface area contributed by atoms with Crippen LogP contribution in [0.25, 0.3) is 0 Å². The summed E-state index contributed by atoms with van der Waals surface area (Å²) >= 11 is 0. The van der Waals surface area contributed by atoms with Crippen LogP contribution in [0.15, 0.2) is 18.6 Å². The number of hydrogen-bond acceptors (Lipinski definition) is 7. The van der Waals surface area contributed by atoms with Gasteiger partial charge in [0.25, 0.3) is 0 Å². The number of imide groups is 1. The molecule has 2 heterocycles. The zero-order chi connectivity index (χ0) is 25.5. The number of amides is 2. The Labute approximate surface area is 206 Å². The summed E-state index contributed by atoms with van der Waals surface area (Å²) < 4.78 is 14.8. The number of carbonyl (C=O) groups is 2. The summed E-state index contributed by atoms with van der Waals surface area (Å²) in [4.78, 5) is 26.7. The number of anilines is 2. The lowest BCUT2D eigenvalue weighted by Gasteiger charge is -2.38. The van der Waals surface area contributed by atoms with Crippen molar-refractivity contribution in [3.8, 4) is 0 Å². The maximum Gasteiger partial charge on any atom is 0.419 e. The monoisotopic (exact) mass is 486 g/mol. The lowest BCUT2D eigenvalue weighted by Crippen LogP contribution is -2.47. The molecule has 0 spiro atoms. The van der Waals surface area contributed by atoms with Crippen molar-refractivity contribution in [3.63, 3.8) is 0 Å². The number of hydrogen-bond donors (Lipinski definition) is 1. The Hall–Kier alpha value is -3.04. The largest absolute Gasteiger partial charge is 0.443 e. The van der Waals surface area contributed by atoms with Gasteiger partial charge in [-0.25, -0.2) is 14.5 Å². The molecule has 2 aromatic heterocycles. The Morgan fingerprint density at radius 1 is 1.06 bits per heavy atom. The van der Waals surface area contributed by atoms with E-state index in [0.29, 0.717) is 5.92 Å². The van der Waals surface area contributed by atoms with E-state index in [1.54, 1.807) is 52.4 Å². The molecule has 4 rings (SSSR count). The van der Waals surface area contributed by atoms with Crippen LogP contribution in [0.4, 0.5) is 21.0 Å². The first-order valence-electron chi connectivity index (χ1n) is 12.4. The summed E-state index contributed by atoms with van der Waals surface area (Å²) in [5.74, 6) is 0.657. The molecule has 10 nitrogen and oxygen atoms in total. The van der Waals surface area contributed by atoms with E-state index in [4.69, 9.17) is 14.6 Å². The fourth-order valence-corrected chi connectivity index (χ4v) is 4.17. The maximum atomic E-state index is 12.8. The minimum Gasteiger partial charge on any atom is -0.443 e. The minimum absolute atomic E-state index is 0.156. The van der Waals surface area contributed by atoms with Gasteiger partial charge in [0.1, 0.15) is 11.2 Å². The average Bonchev–Trinajstić information content (AvgIpc) is 3.31. The molecule has 35 heavy (non-hydrogen) atoms. The van der Waals surface area contributed by atoms with Crippen LogP contribution in [0.3, 0.4) is 0 Å². The number of aryl methyl sites for hydroxylation is 1. The summed E-state index contributed by atoms with van der Waals surface area (Å²) in [6.45, 7) is 11.0. The Balaban J connectivity index is 1.41. The van der Waals surface area contributed by atoms with Crippen LogP contribution in [-0.2, 0) is 16.5 Å². The Morgan fingerprint density at radius 3 is 2.14 bits per heavy atom. The normalized spacial score (nSPS) is 20.2. The van der Waals surface area contributed by atoms with Gasteiger partial charge in [0.05, 0.1) is 29.3 Å². The minimum atomic E-state index is -0.703. The van der Waals surface area contributed by atoms with Gasteiger partial charge in [-0.15, -0.1) is 0 Å². The summed E-state index contributed by atoms with van der Waals surface area (Å²) in [5, 5.41) is 12.6. The van der Waals surface area contributed by atoms with Gasteiger partial charge < -0.3 is 14.8 Å². The molecule has 0 atom stereocenters. The van der Waals surface area contributed by atoms with Crippen molar-refractivity contribution >= 4 is 23.6 Å². The van der Waals surface area contributed by atoms with E-state index in [2.05, 4.69) is 16.6 Å². The molecule has 10 heteroatoms. The molecule has 0 unspecified atom stereocenters. The highest BCUT2D eigenvalue weighted by atomic mass is 16.6. The molecule has 2 saturated carbocycles. The van der Waals surface area contributed by atoms with Crippen molar-refractivity contribution in [2.45, 2.75) is 90.4 Å². The van der Waals surface area contributed by atoms with E-state index in [1.807, 2.05) is 17.9 Å². The van der Waals surface area contributed by atoms with Crippen LogP contribution in [0.2, 0.25) is 0 Å². The van der Waals surface area contributed by atoms with E-state index in [9.17, 15) is 9.59 Å². The highest BCUT2D eigenvalue weighted by Crippen LogP contribution is 2.45. The molecule has 1 N–H and O–H groups in total. The molecule has 0 aliphatic heterocycles. The molecule has 2 aliphatic rings. The topological polar surface area (TPSA) is 104 Å². The lowest BCUT2D eigenvalue weighted by atomic mass is 9.80. The van der Waals surface area contributed by atoms with Crippen molar-refractivity contribution < 1.29 is 19.1 Å². The second-order valence-electron chi connectivity index (χ2n) is 11.8. The zero-order valence-corrected chi connectivity index (χ0v) is 21.9. The molecule has 0 radical (unpaired) electrons. The van der Waals surface area contributed by atoms with Gasteiger partial charge in [-0.1, -0.05) is 0 Å². The quantitative estimate of drug-likeness (QED) is 0.586. The number of ether oxygens (including phenoxy) is 2. The highest BCUT2D eigenvalue weighted by molar-refractivity contribution is 5.88. The SMILES string of the molecule is Cn1cc(Nc2cn([C@H]3C[C@H](CN(C(=O)OC(C)(C)C)C(=O)OC(C)(C)C)C3)nc2C2CC2)cn1. The van der Waals surface area contributed by atoms with Crippen molar-refractivity contribution in [1.29, 1.82) is 0 Å². The molecule has 2 aliphatic carbocycles. The molecular formula is C25H38N6O4. The van der Waals surface area contributed by atoms with Gasteiger partial charge in [-0.2, -0.15) is 10.2 Å². The third kappa shape index (κ3) is 6.55. The van der Waals surface area contributed by atoms with Crippen LogP contribution in [0.5, 0.6) is 0 Å². The molecular weight excluding hydrogens is 448 g/mol. The van der Waals surface area contributed by atoms with Crippen molar-refractivity contribution in [2.75, 3.05) is 11.9 Å². The summed E-state index contributed by atoms with van der Waals surface area (Å²) in [5.41, 5.74) is 1.65. The lowest BCUT2D eigenvalue weighted by molar-refractivity contribution is -0.00641. The Morgan fingerprint density at radius 2 is 1.66 bits per heavy atom. The Kier molecular flexibility index (Phi) is 6.59. The van der Waals surface area contributed by atoms with Crippen LogP contribution in [0.1, 0.15) is 84.9 Å². The maximum absolute atomic E-state index is 12.8. The highest BCUT2D eigenvalue weighted by Gasteiger charge is 2.39. The number of carbonyl (C=O) groups excluding carboxylic acids is 2. The third-order valence-corrected chi connectivity index (χ3v) is 5.96. The first kappa shape index (κ1) is 25.1. The number of aromatic nitrogens is 4. The predicted molar refractivity (Wildman–Crippen MR) is 132 cm³/mol. The van der Waals surface area contributed by atoms with Crippen molar-refractivity contribution in [1.82, 2.24) is 24.5 Å². The second-order valence-corrected chi connectivity index (χ2v) is 11.8. The van der Waals surface area contributed by atoms with E-state index >= 15 is 0 Å². The van der Waals surface area contributed by atoms with Crippen molar-refractivity contribution in [2.24, 2.45) is 13.0 Å². The van der Waals surface area contributed by atoms with Crippen LogP contribution < -0.4 is 5.32 Å². The summed E-state index contributed by atoms with van der Waals surface area (Å²) in [7, 11) is 1.89. The van der Waals surface area contributed by atoms with E-state index in [-0.39, 0.29) is 18.5 Å². The number of rotatable bonds is 6. The first-order valence-corrected chi connectivity index (χ1v) is 12.4. The fourth-order valence-electron chi connectivity index (χ4n) is 4.17. The molecule has 2 aromatic rings. The third-order valence-electron chi connectivity index (χ3n) is 5.96. The van der Waals surface area contributed by atoms with E-state index in [0.717, 1.165) is 47.7 Å². The number of nitrogens with zero attached hydrogens (tertiary/aromatic N) is 5.